The zero-order chi connectivity index (χ0) is 13.7. The Morgan fingerprint density at radius 3 is 2.65 bits per heavy atom. The number of hydrogen-bond donors (Lipinski definition) is 0. The Hall–Kier alpha value is -2.14. The van der Waals surface area contributed by atoms with Crippen molar-refractivity contribution in [3.63, 3.8) is 0 Å². The molecule has 0 saturated carbocycles. The van der Waals surface area contributed by atoms with Gasteiger partial charge in [0.1, 0.15) is 0 Å². The van der Waals surface area contributed by atoms with Gasteiger partial charge in [-0.3, -0.25) is 9.69 Å². The molecule has 0 fully saturated rings. The molecule has 20 heavy (non-hydrogen) atoms. The van der Waals surface area contributed by atoms with Gasteiger partial charge in [-0.1, -0.05) is 23.9 Å². The first-order chi connectivity index (χ1) is 9.74. The fourth-order valence-corrected chi connectivity index (χ4v) is 3.55. The number of anilines is 2. The predicted molar refractivity (Wildman–Crippen MR) is 76.0 cm³/mol. The van der Waals surface area contributed by atoms with Gasteiger partial charge in [-0.2, -0.15) is 0 Å². The van der Waals surface area contributed by atoms with E-state index < -0.39 is 0 Å². The number of amides is 1. The highest BCUT2D eigenvalue weighted by atomic mass is 32.2. The van der Waals surface area contributed by atoms with E-state index in [0.717, 1.165) is 26.9 Å². The maximum atomic E-state index is 12.1. The number of nitrogens with zero attached hydrogens (tertiary/aromatic N) is 1. The van der Waals surface area contributed by atoms with Gasteiger partial charge in [0.2, 0.25) is 12.7 Å². The van der Waals surface area contributed by atoms with Crippen LogP contribution >= 0.6 is 11.8 Å². The molecule has 2 aromatic carbocycles. The summed E-state index contributed by atoms with van der Waals surface area (Å²) >= 11 is 1.64. The highest BCUT2D eigenvalue weighted by Gasteiger charge is 2.29. The molecule has 0 saturated heterocycles. The molecule has 0 atom stereocenters. The third kappa shape index (κ3) is 1.59. The van der Waals surface area contributed by atoms with E-state index in [4.69, 9.17) is 9.47 Å². The summed E-state index contributed by atoms with van der Waals surface area (Å²) in [6.45, 7) is 1.80. The first kappa shape index (κ1) is 11.7. The molecular weight excluding hydrogens is 274 g/mol. The molecule has 0 aliphatic carbocycles. The van der Waals surface area contributed by atoms with Gasteiger partial charge < -0.3 is 9.47 Å². The molecular formula is C15H11NO3S. The number of para-hydroxylation sites is 1. The maximum Gasteiger partial charge on any atom is 0.231 e. The van der Waals surface area contributed by atoms with Gasteiger partial charge in [0.25, 0.3) is 0 Å². The van der Waals surface area contributed by atoms with Crippen LogP contribution in [0.2, 0.25) is 0 Å². The Morgan fingerprint density at radius 2 is 1.85 bits per heavy atom. The minimum atomic E-state index is -0.0159. The van der Waals surface area contributed by atoms with E-state index in [9.17, 15) is 4.79 Å². The van der Waals surface area contributed by atoms with Gasteiger partial charge in [-0.25, -0.2) is 0 Å². The number of carbonyl (C=O) groups excluding carboxylic acids is 1. The number of hydrogen-bond acceptors (Lipinski definition) is 4. The Bertz CT molecular complexity index is 729. The van der Waals surface area contributed by atoms with Crippen LogP contribution in [-0.4, -0.2) is 12.7 Å². The van der Waals surface area contributed by atoms with Crippen molar-refractivity contribution in [3.05, 3.63) is 36.4 Å². The van der Waals surface area contributed by atoms with Crippen molar-refractivity contribution in [3.8, 4) is 11.5 Å². The van der Waals surface area contributed by atoms with Gasteiger partial charge in [0.05, 0.1) is 11.4 Å². The number of rotatable bonds is 0. The van der Waals surface area contributed by atoms with E-state index in [-0.39, 0.29) is 12.7 Å². The Morgan fingerprint density at radius 1 is 1.10 bits per heavy atom. The van der Waals surface area contributed by atoms with Crippen molar-refractivity contribution in [1.82, 2.24) is 0 Å². The lowest BCUT2D eigenvalue weighted by molar-refractivity contribution is -0.115. The molecule has 0 spiro atoms. The SMILES string of the molecule is CC(=O)N1c2ccccc2Sc2cc3c(cc21)OCO3. The second kappa shape index (κ2) is 4.18. The van der Waals surface area contributed by atoms with E-state index in [0.29, 0.717) is 5.75 Å². The van der Waals surface area contributed by atoms with Crippen molar-refractivity contribution in [2.75, 3.05) is 11.7 Å². The highest BCUT2D eigenvalue weighted by Crippen LogP contribution is 2.52. The summed E-state index contributed by atoms with van der Waals surface area (Å²) in [4.78, 5) is 15.9. The molecule has 0 unspecified atom stereocenters. The second-order valence-corrected chi connectivity index (χ2v) is 5.68. The van der Waals surface area contributed by atoms with Gasteiger partial charge in [-0.05, 0) is 12.1 Å². The van der Waals surface area contributed by atoms with Gasteiger partial charge in [0.15, 0.2) is 11.5 Å². The fraction of sp³-hybridized carbons (Fsp3) is 0.133. The molecule has 0 bridgehead atoms. The smallest absolute Gasteiger partial charge is 0.231 e. The van der Waals surface area contributed by atoms with Gasteiger partial charge >= 0.3 is 0 Å². The summed E-state index contributed by atoms with van der Waals surface area (Å²) in [5.74, 6) is 1.41. The summed E-state index contributed by atoms with van der Waals surface area (Å²) in [6, 6.07) is 11.7. The second-order valence-electron chi connectivity index (χ2n) is 4.60. The molecule has 100 valence electrons. The Balaban J connectivity index is 1.94. The predicted octanol–water partition coefficient (Wildman–Crippen LogP) is 3.56. The molecule has 0 aromatic heterocycles. The van der Waals surface area contributed by atoms with Crippen LogP contribution in [0.3, 0.4) is 0 Å². The van der Waals surface area contributed by atoms with Crippen LogP contribution in [-0.2, 0) is 4.79 Å². The zero-order valence-corrected chi connectivity index (χ0v) is 11.6. The lowest BCUT2D eigenvalue weighted by Gasteiger charge is -2.30. The molecule has 2 heterocycles. The average molecular weight is 285 g/mol. The number of fused-ring (bicyclic) bond motifs is 3. The van der Waals surface area contributed by atoms with Gasteiger partial charge in [-0.15, -0.1) is 0 Å². The van der Waals surface area contributed by atoms with E-state index in [1.54, 1.807) is 23.6 Å². The topological polar surface area (TPSA) is 38.8 Å². The standard InChI is InChI=1S/C15H11NO3S/c1-9(17)16-10-4-2-3-5-14(10)20-15-7-13-12(6-11(15)16)18-8-19-13/h2-7H,8H2,1H3. The van der Waals surface area contributed by atoms with Crippen molar-refractivity contribution >= 4 is 29.0 Å². The van der Waals surface area contributed by atoms with Crippen molar-refractivity contribution < 1.29 is 14.3 Å². The Labute approximate surface area is 120 Å². The molecule has 4 rings (SSSR count). The normalized spacial score (nSPS) is 14.8. The van der Waals surface area contributed by atoms with Crippen LogP contribution in [0.25, 0.3) is 0 Å². The van der Waals surface area contributed by atoms with E-state index in [1.807, 2.05) is 36.4 Å². The highest BCUT2D eigenvalue weighted by molar-refractivity contribution is 7.99. The molecule has 2 aromatic rings. The minimum Gasteiger partial charge on any atom is -0.454 e. The molecule has 0 N–H and O–H groups in total. The quantitative estimate of drug-likeness (QED) is 0.742. The molecule has 2 aliphatic rings. The maximum absolute atomic E-state index is 12.1. The molecule has 0 radical (unpaired) electrons. The summed E-state index contributed by atoms with van der Waals surface area (Å²) in [5, 5.41) is 0. The van der Waals surface area contributed by atoms with Crippen LogP contribution in [0.4, 0.5) is 11.4 Å². The van der Waals surface area contributed by atoms with Crippen LogP contribution < -0.4 is 14.4 Å². The molecule has 1 amide bonds. The lowest BCUT2D eigenvalue weighted by Crippen LogP contribution is -2.25. The zero-order valence-electron chi connectivity index (χ0n) is 10.8. The third-order valence-corrected chi connectivity index (χ3v) is 4.45. The monoisotopic (exact) mass is 285 g/mol. The molecule has 5 heteroatoms. The lowest BCUT2D eigenvalue weighted by atomic mass is 10.2. The first-order valence-electron chi connectivity index (χ1n) is 6.25. The summed E-state index contributed by atoms with van der Waals surface area (Å²) in [7, 11) is 0. The van der Waals surface area contributed by atoms with Crippen LogP contribution in [0.1, 0.15) is 6.92 Å². The van der Waals surface area contributed by atoms with E-state index >= 15 is 0 Å². The van der Waals surface area contributed by atoms with Crippen LogP contribution in [0.5, 0.6) is 11.5 Å². The number of benzene rings is 2. The number of carbonyl (C=O) groups is 1. The van der Waals surface area contributed by atoms with E-state index in [1.165, 1.54) is 0 Å². The summed E-state index contributed by atoms with van der Waals surface area (Å²) in [6.07, 6.45) is 0. The molecule has 2 aliphatic heterocycles. The van der Waals surface area contributed by atoms with Crippen LogP contribution in [0.15, 0.2) is 46.2 Å². The van der Waals surface area contributed by atoms with Crippen molar-refractivity contribution in [1.29, 1.82) is 0 Å². The summed E-state index contributed by atoms with van der Waals surface area (Å²) in [5.41, 5.74) is 1.77. The fourth-order valence-electron chi connectivity index (χ4n) is 2.48. The summed E-state index contributed by atoms with van der Waals surface area (Å²) < 4.78 is 10.8. The largest absolute Gasteiger partial charge is 0.454 e. The van der Waals surface area contributed by atoms with E-state index in [2.05, 4.69) is 0 Å². The van der Waals surface area contributed by atoms with Gasteiger partial charge in [0, 0.05) is 28.8 Å². The number of ether oxygens (including phenoxy) is 2. The minimum absolute atomic E-state index is 0.0159. The average Bonchev–Trinajstić information content (AvgIpc) is 2.88. The van der Waals surface area contributed by atoms with Crippen molar-refractivity contribution in [2.45, 2.75) is 16.7 Å². The Kier molecular flexibility index (Phi) is 2.44. The molecule has 4 nitrogen and oxygen atoms in total. The van der Waals surface area contributed by atoms with Crippen LogP contribution in [0, 0.1) is 0 Å². The van der Waals surface area contributed by atoms with Crippen molar-refractivity contribution in [2.24, 2.45) is 0 Å². The third-order valence-electron chi connectivity index (χ3n) is 3.34. The first-order valence-corrected chi connectivity index (χ1v) is 7.07.